The fourth-order valence-corrected chi connectivity index (χ4v) is 2.07. The van der Waals surface area contributed by atoms with Crippen LogP contribution in [0.15, 0.2) is 24.5 Å². The van der Waals surface area contributed by atoms with Crippen LogP contribution < -0.4 is 5.73 Å². The molecular formula is C14H18FN3. The summed E-state index contributed by atoms with van der Waals surface area (Å²) in [7, 11) is 0. The third-order valence-electron chi connectivity index (χ3n) is 3.09. The van der Waals surface area contributed by atoms with Crippen LogP contribution >= 0.6 is 0 Å². The van der Waals surface area contributed by atoms with Gasteiger partial charge in [0, 0.05) is 24.9 Å². The minimum absolute atomic E-state index is 0.218. The molecule has 0 saturated carbocycles. The molecule has 1 aromatic heterocycles. The number of aryl methyl sites for hydroxylation is 2. The van der Waals surface area contributed by atoms with Gasteiger partial charge in [0.15, 0.2) is 0 Å². The Kier molecular flexibility index (Phi) is 3.48. The fraction of sp³-hybridized carbons (Fsp3) is 0.357. The van der Waals surface area contributed by atoms with Crippen LogP contribution in [-0.2, 0) is 6.42 Å². The zero-order valence-corrected chi connectivity index (χ0v) is 10.9. The smallest absolute Gasteiger partial charge is 0.126 e. The van der Waals surface area contributed by atoms with Crippen molar-refractivity contribution in [1.82, 2.24) is 9.55 Å². The first-order valence-electron chi connectivity index (χ1n) is 6.12. The van der Waals surface area contributed by atoms with Gasteiger partial charge in [0.1, 0.15) is 11.6 Å². The van der Waals surface area contributed by atoms with E-state index in [1.165, 1.54) is 6.07 Å². The van der Waals surface area contributed by atoms with E-state index in [0.29, 0.717) is 5.56 Å². The van der Waals surface area contributed by atoms with Gasteiger partial charge in [-0.3, -0.25) is 0 Å². The normalized spacial score (nSPS) is 12.7. The van der Waals surface area contributed by atoms with E-state index < -0.39 is 0 Å². The summed E-state index contributed by atoms with van der Waals surface area (Å²) in [6.45, 7) is 5.66. The van der Waals surface area contributed by atoms with Gasteiger partial charge in [0.05, 0.1) is 5.69 Å². The maximum atomic E-state index is 13.7. The van der Waals surface area contributed by atoms with E-state index >= 15 is 0 Å². The zero-order valence-electron chi connectivity index (χ0n) is 10.9. The van der Waals surface area contributed by atoms with Crippen molar-refractivity contribution >= 4 is 0 Å². The summed E-state index contributed by atoms with van der Waals surface area (Å²) in [6.07, 6.45) is 4.46. The standard InChI is InChI=1S/C14H18FN3/c1-4-14-17-5-6-18(14)13-7-9(2)12(15)8-11(13)10(3)16/h5-8,10H,4,16H2,1-3H3. The summed E-state index contributed by atoms with van der Waals surface area (Å²) in [5.74, 6) is 0.729. The lowest BCUT2D eigenvalue weighted by atomic mass is 10.0. The SMILES string of the molecule is CCc1nccn1-c1cc(C)c(F)cc1C(C)N. The van der Waals surface area contributed by atoms with Gasteiger partial charge in [-0.15, -0.1) is 0 Å². The molecule has 18 heavy (non-hydrogen) atoms. The molecule has 1 heterocycles. The molecule has 0 radical (unpaired) electrons. The number of halogens is 1. The fourth-order valence-electron chi connectivity index (χ4n) is 2.07. The average molecular weight is 247 g/mol. The van der Waals surface area contributed by atoms with E-state index in [1.54, 1.807) is 13.1 Å². The van der Waals surface area contributed by atoms with Gasteiger partial charge in [-0.2, -0.15) is 0 Å². The second kappa shape index (κ2) is 4.90. The van der Waals surface area contributed by atoms with Crippen molar-refractivity contribution in [2.75, 3.05) is 0 Å². The lowest BCUT2D eigenvalue weighted by molar-refractivity contribution is 0.611. The van der Waals surface area contributed by atoms with Crippen LogP contribution in [0, 0.1) is 12.7 Å². The van der Waals surface area contributed by atoms with Crippen molar-refractivity contribution in [3.63, 3.8) is 0 Å². The minimum Gasteiger partial charge on any atom is -0.324 e. The van der Waals surface area contributed by atoms with Gasteiger partial charge < -0.3 is 10.3 Å². The third kappa shape index (κ3) is 2.16. The summed E-state index contributed by atoms with van der Waals surface area (Å²) in [5.41, 5.74) is 8.26. The van der Waals surface area contributed by atoms with Crippen molar-refractivity contribution in [3.05, 3.63) is 47.3 Å². The molecule has 0 bridgehead atoms. The van der Waals surface area contributed by atoms with Crippen LogP contribution in [0.25, 0.3) is 5.69 Å². The first-order chi connectivity index (χ1) is 8.54. The molecule has 3 nitrogen and oxygen atoms in total. The molecule has 2 aromatic rings. The highest BCUT2D eigenvalue weighted by atomic mass is 19.1. The number of hydrogen-bond acceptors (Lipinski definition) is 2. The lowest BCUT2D eigenvalue weighted by Crippen LogP contribution is -2.12. The van der Waals surface area contributed by atoms with E-state index in [9.17, 15) is 4.39 Å². The Morgan fingerprint density at radius 2 is 2.17 bits per heavy atom. The molecule has 2 N–H and O–H groups in total. The molecule has 1 aromatic carbocycles. The highest BCUT2D eigenvalue weighted by molar-refractivity contribution is 5.46. The molecule has 1 atom stereocenters. The molecule has 1 unspecified atom stereocenters. The predicted octanol–water partition coefficient (Wildman–Crippen LogP) is 2.90. The number of rotatable bonds is 3. The minimum atomic E-state index is -0.220. The number of benzene rings is 1. The second-order valence-corrected chi connectivity index (χ2v) is 4.52. The highest BCUT2D eigenvalue weighted by Gasteiger charge is 2.14. The number of imidazole rings is 1. The Labute approximate surface area is 106 Å². The second-order valence-electron chi connectivity index (χ2n) is 4.52. The van der Waals surface area contributed by atoms with Gasteiger partial charge in [0.2, 0.25) is 0 Å². The highest BCUT2D eigenvalue weighted by Crippen LogP contribution is 2.25. The van der Waals surface area contributed by atoms with E-state index in [1.807, 2.05) is 30.7 Å². The molecule has 0 amide bonds. The first kappa shape index (κ1) is 12.8. The molecule has 0 fully saturated rings. The topological polar surface area (TPSA) is 43.8 Å². The summed E-state index contributed by atoms with van der Waals surface area (Å²) >= 11 is 0. The maximum absolute atomic E-state index is 13.7. The summed E-state index contributed by atoms with van der Waals surface area (Å²) < 4.78 is 15.6. The third-order valence-corrected chi connectivity index (χ3v) is 3.09. The van der Waals surface area contributed by atoms with Crippen LogP contribution in [0.3, 0.4) is 0 Å². The van der Waals surface area contributed by atoms with Crippen molar-refractivity contribution in [2.45, 2.75) is 33.2 Å². The molecule has 4 heteroatoms. The van der Waals surface area contributed by atoms with Crippen LogP contribution in [0.2, 0.25) is 0 Å². The molecule has 0 saturated heterocycles. The molecule has 0 spiro atoms. The van der Waals surface area contributed by atoms with Gasteiger partial charge in [0.25, 0.3) is 0 Å². The predicted molar refractivity (Wildman–Crippen MR) is 70.2 cm³/mol. The van der Waals surface area contributed by atoms with E-state index in [-0.39, 0.29) is 11.9 Å². The number of hydrogen-bond donors (Lipinski definition) is 1. The van der Waals surface area contributed by atoms with Crippen LogP contribution in [-0.4, -0.2) is 9.55 Å². The Morgan fingerprint density at radius 3 is 2.78 bits per heavy atom. The molecule has 2 rings (SSSR count). The zero-order chi connectivity index (χ0) is 13.3. The average Bonchev–Trinajstić information content (AvgIpc) is 2.79. The van der Waals surface area contributed by atoms with Crippen molar-refractivity contribution in [3.8, 4) is 5.69 Å². The van der Waals surface area contributed by atoms with Gasteiger partial charge in [-0.1, -0.05) is 6.92 Å². The van der Waals surface area contributed by atoms with Crippen LogP contribution in [0.5, 0.6) is 0 Å². The summed E-state index contributed by atoms with van der Waals surface area (Å²) in [5, 5.41) is 0. The van der Waals surface area contributed by atoms with Gasteiger partial charge in [-0.05, 0) is 37.1 Å². The molecule has 0 aliphatic heterocycles. The summed E-state index contributed by atoms with van der Waals surface area (Å²) in [6, 6.07) is 3.13. The number of nitrogens with zero attached hydrogens (tertiary/aromatic N) is 2. The molecule has 96 valence electrons. The quantitative estimate of drug-likeness (QED) is 0.906. The largest absolute Gasteiger partial charge is 0.324 e. The van der Waals surface area contributed by atoms with Crippen molar-refractivity contribution in [2.24, 2.45) is 5.73 Å². The lowest BCUT2D eigenvalue weighted by Gasteiger charge is -2.16. The molecule has 0 aliphatic rings. The monoisotopic (exact) mass is 247 g/mol. The van der Waals surface area contributed by atoms with Gasteiger partial charge in [-0.25, -0.2) is 9.37 Å². The Balaban J connectivity index is 2.66. The molecular weight excluding hydrogens is 229 g/mol. The van der Waals surface area contributed by atoms with Crippen LogP contribution in [0.4, 0.5) is 4.39 Å². The van der Waals surface area contributed by atoms with E-state index in [0.717, 1.165) is 23.5 Å². The first-order valence-corrected chi connectivity index (χ1v) is 6.12. The van der Waals surface area contributed by atoms with Crippen molar-refractivity contribution in [1.29, 1.82) is 0 Å². The number of nitrogens with two attached hydrogens (primary N) is 1. The van der Waals surface area contributed by atoms with E-state index in [4.69, 9.17) is 5.73 Å². The van der Waals surface area contributed by atoms with Crippen molar-refractivity contribution < 1.29 is 4.39 Å². The number of aromatic nitrogens is 2. The van der Waals surface area contributed by atoms with Gasteiger partial charge >= 0.3 is 0 Å². The van der Waals surface area contributed by atoms with Crippen LogP contribution in [0.1, 0.15) is 36.8 Å². The molecule has 0 aliphatic carbocycles. The van der Waals surface area contributed by atoms with E-state index in [2.05, 4.69) is 4.98 Å². The Morgan fingerprint density at radius 1 is 1.44 bits per heavy atom. The summed E-state index contributed by atoms with van der Waals surface area (Å²) in [4.78, 5) is 4.29. The maximum Gasteiger partial charge on any atom is 0.126 e. The Hall–Kier alpha value is -1.68. The Bertz CT molecular complexity index is 558.